The maximum atomic E-state index is 11.6. The minimum Gasteiger partial charge on any atom is -0.464 e. The summed E-state index contributed by atoms with van der Waals surface area (Å²) in [7, 11) is -3.42. The topological polar surface area (TPSA) is 92.7 Å². The van der Waals surface area contributed by atoms with Gasteiger partial charge in [0.05, 0.1) is 17.3 Å². The zero-order valence-electron chi connectivity index (χ0n) is 8.29. The Bertz CT molecular complexity index is 442. The summed E-state index contributed by atoms with van der Waals surface area (Å²) in [6.07, 6.45) is -1.36. The molecule has 1 aromatic carbocycles. The maximum absolute atomic E-state index is 11.6. The highest BCUT2D eigenvalue weighted by molar-refractivity contribution is 7.91. The molecular formula is C9H11NO5S. The van der Waals surface area contributed by atoms with Crippen LogP contribution in [0.15, 0.2) is 35.2 Å². The Labute approximate surface area is 92.7 Å². The van der Waals surface area contributed by atoms with E-state index in [9.17, 15) is 13.2 Å². The van der Waals surface area contributed by atoms with Gasteiger partial charge in [-0.05, 0) is 12.1 Å². The van der Waals surface area contributed by atoms with Crippen molar-refractivity contribution in [2.24, 2.45) is 0 Å². The van der Waals surface area contributed by atoms with E-state index in [0.717, 1.165) is 0 Å². The van der Waals surface area contributed by atoms with Crippen molar-refractivity contribution in [3.05, 3.63) is 30.3 Å². The first-order valence-electron chi connectivity index (χ1n) is 4.41. The number of carbonyl (C=O) groups is 1. The number of amides is 1. The van der Waals surface area contributed by atoms with Gasteiger partial charge in [-0.1, -0.05) is 18.2 Å². The van der Waals surface area contributed by atoms with E-state index in [0.29, 0.717) is 0 Å². The van der Waals surface area contributed by atoms with Crippen molar-refractivity contribution < 1.29 is 23.2 Å². The number of hydrogen-bond acceptors (Lipinski definition) is 4. The minimum atomic E-state index is -3.42. The molecule has 0 heterocycles. The molecule has 1 amide bonds. The molecule has 16 heavy (non-hydrogen) atoms. The summed E-state index contributed by atoms with van der Waals surface area (Å²) in [5.41, 5.74) is 1.62. The molecule has 0 aliphatic carbocycles. The van der Waals surface area contributed by atoms with Gasteiger partial charge in [0.15, 0.2) is 9.84 Å². The van der Waals surface area contributed by atoms with Crippen molar-refractivity contribution in [2.45, 2.75) is 4.90 Å². The Kier molecular flexibility index (Phi) is 4.27. The summed E-state index contributed by atoms with van der Waals surface area (Å²) in [5.74, 6) is -0.280. The molecule has 0 fully saturated rings. The second kappa shape index (κ2) is 5.47. The summed E-state index contributed by atoms with van der Waals surface area (Å²) in [4.78, 5) is 14.6. The number of benzene rings is 1. The number of hydrogen-bond donors (Lipinski definition) is 2. The zero-order valence-corrected chi connectivity index (χ0v) is 9.11. The minimum absolute atomic E-state index is 0.189. The van der Waals surface area contributed by atoms with Crippen LogP contribution in [0.4, 0.5) is 4.79 Å². The van der Waals surface area contributed by atoms with Crippen molar-refractivity contribution in [1.82, 2.24) is 5.48 Å². The monoisotopic (exact) mass is 245 g/mol. The average Bonchev–Trinajstić information content (AvgIpc) is 2.26. The first-order valence-corrected chi connectivity index (χ1v) is 6.06. The summed E-state index contributed by atoms with van der Waals surface area (Å²) in [6.45, 7) is -0.233. The van der Waals surface area contributed by atoms with E-state index in [1.165, 1.54) is 12.1 Å². The molecular weight excluding hydrogens is 234 g/mol. The van der Waals surface area contributed by atoms with Gasteiger partial charge in [-0.15, -0.1) is 0 Å². The Morgan fingerprint density at radius 1 is 1.31 bits per heavy atom. The molecule has 6 nitrogen and oxygen atoms in total. The highest BCUT2D eigenvalue weighted by Gasteiger charge is 2.13. The lowest BCUT2D eigenvalue weighted by Crippen LogP contribution is -2.24. The molecule has 0 bridgehead atoms. The number of hydroxylamine groups is 1. The fourth-order valence-electron chi connectivity index (χ4n) is 1.01. The lowest BCUT2D eigenvalue weighted by Gasteiger charge is -2.04. The fourth-order valence-corrected chi connectivity index (χ4v) is 2.12. The molecule has 0 unspecified atom stereocenters. The van der Waals surface area contributed by atoms with Crippen LogP contribution in [0.1, 0.15) is 0 Å². The second-order valence-electron chi connectivity index (χ2n) is 2.89. The van der Waals surface area contributed by atoms with Crippen LogP contribution in [0.25, 0.3) is 0 Å². The molecule has 7 heteroatoms. The lowest BCUT2D eigenvalue weighted by molar-refractivity contribution is 0.0512. The smallest absolute Gasteiger partial charge is 0.428 e. The fraction of sp³-hybridized carbons (Fsp3) is 0.222. The quantitative estimate of drug-likeness (QED) is 0.587. The van der Waals surface area contributed by atoms with E-state index in [4.69, 9.17) is 5.11 Å². The van der Waals surface area contributed by atoms with E-state index < -0.39 is 15.9 Å². The van der Waals surface area contributed by atoms with Crippen LogP contribution in [0, 0.1) is 0 Å². The van der Waals surface area contributed by atoms with Gasteiger partial charge in [0.2, 0.25) is 0 Å². The molecule has 0 aliphatic heterocycles. The summed E-state index contributed by atoms with van der Waals surface area (Å²) >= 11 is 0. The van der Waals surface area contributed by atoms with Gasteiger partial charge in [0.25, 0.3) is 0 Å². The SMILES string of the molecule is O=C(O)NOCCS(=O)(=O)c1ccccc1. The zero-order chi connectivity index (χ0) is 12.0. The van der Waals surface area contributed by atoms with Crippen LogP contribution in [0.2, 0.25) is 0 Å². The van der Waals surface area contributed by atoms with Gasteiger partial charge < -0.3 is 5.11 Å². The summed E-state index contributed by atoms with van der Waals surface area (Å²) < 4.78 is 23.2. The van der Waals surface area contributed by atoms with E-state index >= 15 is 0 Å². The number of rotatable bonds is 5. The molecule has 1 aromatic rings. The molecule has 0 spiro atoms. The van der Waals surface area contributed by atoms with Crippen molar-refractivity contribution in [1.29, 1.82) is 0 Å². The Hall–Kier alpha value is -1.60. The van der Waals surface area contributed by atoms with Crippen molar-refractivity contribution in [2.75, 3.05) is 12.4 Å². The summed E-state index contributed by atoms with van der Waals surface area (Å²) in [6, 6.07) is 7.88. The number of sulfone groups is 1. The van der Waals surface area contributed by atoms with E-state index in [2.05, 4.69) is 4.84 Å². The van der Waals surface area contributed by atoms with Gasteiger partial charge in [0.1, 0.15) is 0 Å². The van der Waals surface area contributed by atoms with Crippen LogP contribution in [-0.4, -0.2) is 32.0 Å². The van der Waals surface area contributed by atoms with E-state index in [1.54, 1.807) is 23.7 Å². The predicted octanol–water partition coefficient (Wildman–Crippen LogP) is 0.659. The van der Waals surface area contributed by atoms with E-state index in [-0.39, 0.29) is 17.3 Å². The Balaban J connectivity index is 2.51. The Morgan fingerprint density at radius 3 is 2.50 bits per heavy atom. The van der Waals surface area contributed by atoms with Crippen LogP contribution >= 0.6 is 0 Å². The highest BCUT2D eigenvalue weighted by atomic mass is 32.2. The first kappa shape index (κ1) is 12.5. The third-order valence-corrected chi connectivity index (χ3v) is 3.41. The molecule has 0 radical (unpaired) electrons. The molecule has 88 valence electrons. The predicted molar refractivity (Wildman–Crippen MR) is 55.6 cm³/mol. The molecule has 0 aromatic heterocycles. The largest absolute Gasteiger partial charge is 0.464 e. The lowest BCUT2D eigenvalue weighted by atomic mass is 10.4. The molecule has 0 saturated heterocycles. The summed E-state index contributed by atoms with van der Waals surface area (Å²) in [5, 5.41) is 8.17. The van der Waals surface area contributed by atoms with Crippen LogP contribution in [0.3, 0.4) is 0 Å². The van der Waals surface area contributed by atoms with Gasteiger partial charge in [-0.2, -0.15) is 5.48 Å². The second-order valence-corrected chi connectivity index (χ2v) is 5.00. The van der Waals surface area contributed by atoms with Crippen LogP contribution in [0.5, 0.6) is 0 Å². The van der Waals surface area contributed by atoms with Crippen molar-refractivity contribution in [3.8, 4) is 0 Å². The van der Waals surface area contributed by atoms with Gasteiger partial charge in [-0.3, -0.25) is 4.84 Å². The molecule has 0 aliphatic rings. The van der Waals surface area contributed by atoms with Gasteiger partial charge in [0, 0.05) is 0 Å². The van der Waals surface area contributed by atoms with Gasteiger partial charge in [-0.25, -0.2) is 13.2 Å². The molecule has 0 saturated carbocycles. The number of carboxylic acid groups (broad SMARTS) is 1. The third-order valence-electron chi connectivity index (χ3n) is 1.72. The van der Waals surface area contributed by atoms with Crippen LogP contribution in [-0.2, 0) is 14.7 Å². The molecule has 2 N–H and O–H groups in total. The third kappa shape index (κ3) is 3.87. The van der Waals surface area contributed by atoms with E-state index in [1.807, 2.05) is 0 Å². The first-order chi connectivity index (χ1) is 7.52. The normalized spacial score (nSPS) is 11.0. The van der Waals surface area contributed by atoms with Gasteiger partial charge >= 0.3 is 6.09 Å². The average molecular weight is 245 g/mol. The molecule has 1 rings (SSSR count). The van der Waals surface area contributed by atoms with Crippen molar-refractivity contribution in [3.63, 3.8) is 0 Å². The number of nitrogens with one attached hydrogen (secondary N) is 1. The molecule has 0 atom stereocenters. The maximum Gasteiger partial charge on any atom is 0.428 e. The van der Waals surface area contributed by atoms with Crippen LogP contribution < -0.4 is 5.48 Å². The highest BCUT2D eigenvalue weighted by Crippen LogP contribution is 2.09. The standard InChI is InChI=1S/C9H11NO5S/c11-9(12)10-15-6-7-16(13,14)8-4-2-1-3-5-8/h1-5,10H,6-7H2,(H,11,12). The van der Waals surface area contributed by atoms with Crippen molar-refractivity contribution >= 4 is 15.9 Å². The Morgan fingerprint density at radius 2 is 1.94 bits per heavy atom.